The molecule has 2 N–H and O–H groups in total. The summed E-state index contributed by atoms with van der Waals surface area (Å²) in [6.07, 6.45) is 2.50. The van der Waals surface area contributed by atoms with Gasteiger partial charge < -0.3 is 15.5 Å². The molecule has 0 bridgehead atoms. The molecule has 21 heavy (non-hydrogen) atoms. The third kappa shape index (κ3) is 4.98. The molecule has 0 spiro atoms. The Balaban J connectivity index is 0.00000220. The van der Waals surface area contributed by atoms with Crippen LogP contribution in [0.25, 0.3) is 0 Å². The number of rotatable bonds is 6. The molecule has 1 aromatic heterocycles. The summed E-state index contributed by atoms with van der Waals surface area (Å²) in [6, 6.07) is 2.09. The molecule has 1 atom stereocenters. The molecule has 1 saturated heterocycles. The summed E-state index contributed by atoms with van der Waals surface area (Å²) < 4.78 is 0. The minimum Gasteiger partial charge on any atom is -0.351 e. The Hall–Kier alpha value is -1.11. The third-order valence-electron chi connectivity index (χ3n) is 3.55. The summed E-state index contributed by atoms with van der Waals surface area (Å²) in [5.74, 6) is 0.0283. The van der Waals surface area contributed by atoms with Crippen molar-refractivity contribution in [2.45, 2.75) is 25.3 Å². The van der Waals surface area contributed by atoms with E-state index in [1.807, 2.05) is 17.3 Å². The molecule has 5 nitrogen and oxygen atoms in total. The number of halogens is 1. The second kappa shape index (κ2) is 9.02. The fraction of sp³-hybridized carbons (Fsp3) is 0.571. The average Bonchev–Trinajstić information content (AvgIpc) is 3.10. The Morgan fingerprint density at radius 2 is 2.29 bits per heavy atom. The molecule has 7 heteroatoms. The molecule has 1 aromatic rings. The maximum absolute atomic E-state index is 12.1. The largest absolute Gasteiger partial charge is 0.351 e. The van der Waals surface area contributed by atoms with Crippen molar-refractivity contribution < 1.29 is 9.59 Å². The quantitative estimate of drug-likeness (QED) is 0.830. The van der Waals surface area contributed by atoms with Crippen LogP contribution in [0.1, 0.15) is 29.6 Å². The molecule has 1 fully saturated rings. The molecule has 118 valence electrons. The van der Waals surface area contributed by atoms with Gasteiger partial charge >= 0.3 is 0 Å². The lowest BCUT2D eigenvalue weighted by atomic mass is 10.2. The van der Waals surface area contributed by atoms with Gasteiger partial charge in [-0.15, -0.1) is 12.4 Å². The number of amides is 2. The van der Waals surface area contributed by atoms with E-state index >= 15 is 0 Å². The van der Waals surface area contributed by atoms with Gasteiger partial charge in [0.15, 0.2) is 0 Å². The Morgan fingerprint density at radius 1 is 1.48 bits per heavy atom. The van der Waals surface area contributed by atoms with E-state index in [1.54, 1.807) is 11.4 Å². The highest BCUT2D eigenvalue weighted by atomic mass is 35.5. The van der Waals surface area contributed by atoms with Crippen LogP contribution in [0.3, 0.4) is 0 Å². The molecular weight excluding hydrogens is 310 g/mol. The van der Waals surface area contributed by atoms with E-state index < -0.39 is 0 Å². The van der Waals surface area contributed by atoms with Crippen molar-refractivity contribution in [3.63, 3.8) is 0 Å². The molecule has 0 radical (unpaired) electrons. The first-order valence-electron chi connectivity index (χ1n) is 6.97. The molecule has 1 unspecified atom stereocenters. The standard InChI is InChI=1S/C14H21N3O2S.ClH/c1-15-9-12-3-2-7-17(12)13(18)4-6-16-14(19)11-5-8-20-10-11;/h5,8,10,12,15H,2-4,6-7,9H2,1H3,(H,16,19);1H. The average molecular weight is 332 g/mol. The lowest BCUT2D eigenvalue weighted by molar-refractivity contribution is -0.131. The lowest BCUT2D eigenvalue weighted by Crippen LogP contribution is -2.42. The van der Waals surface area contributed by atoms with Gasteiger partial charge in [0.05, 0.1) is 0 Å². The van der Waals surface area contributed by atoms with Crippen LogP contribution >= 0.6 is 23.7 Å². The molecule has 0 saturated carbocycles. The van der Waals surface area contributed by atoms with Gasteiger partial charge in [-0.05, 0) is 31.3 Å². The maximum atomic E-state index is 12.1. The normalized spacial score (nSPS) is 17.4. The highest BCUT2D eigenvalue weighted by Crippen LogP contribution is 2.17. The first-order valence-corrected chi connectivity index (χ1v) is 7.91. The molecule has 2 amide bonds. The van der Waals surface area contributed by atoms with Crippen LogP contribution in [0.4, 0.5) is 0 Å². The molecule has 2 heterocycles. The van der Waals surface area contributed by atoms with Crippen LogP contribution in [0.5, 0.6) is 0 Å². The van der Waals surface area contributed by atoms with Crippen LogP contribution in [0, 0.1) is 0 Å². The molecule has 1 aliphatic rings. The maximum Gasteiger partial charge on any atom is 0.252 e. The Labute approximate surface area is 135 Å². The number of nitrogens with one attached hydrogen (secondary N) is 2. The number of likely N-dealkylation sites (N-methyl/N-ethyl adjacent to an activating group) is 1. The Kier molecular flexibility index (Phi) is 7.71. The first kappa shape index (κ1) is 17.9. The second-order valence-corrected chi connectivity index (χ2v) is 5.74. The van der Waals surface area contributed by atoms with Crippen LogP contribution in [-0.4, -0.2) is 49.4 Å². The van der Waals surface area contributed by atoms with Gasteiger partial charge in [-0.1, -0.05) is 0 Å². The Morgan fingerprint density at radius 3 is 2.95 bits per heavy atom. The van der Waals surface area contributed by atoms with Crippen molar-refractivity contribution >= 4 is 35.6 Å². The van der Waals surface area contributed by atoms with Crippen molar-refractivity contribution in [1.82, 2.24) is 15.5 Å². The van der Waals surface area contributed by atoms with Crippen LogP contribution < -0.4 is 10.6 Å². The zero-order chi connectivity index (χ0) is 14.4. The molecule has 1 aliphatic heterocycles. The molecule has 0 aromatic carbocycles. The monoisotopic (exact) mass is 331 g/mol. The fourth-order valence-electron chi connectivity index (χ4n) is 2.53. The van der Waals surface area contributed by atoms with Gasteiger partial charge in [0, 0.05) is 43.0 Å². The fourth-order valence-corrected chi connectivity index (χ4v) is 3.17. The minimum atomic E-state index is -0.104. The molecule has 2 rings (SSSR count). The van der Waals surface area contributed by atoms with E-state index in [1.165, 1.54) is 11.3 Å². The van der Waals surface area contributed by atoms with Gasteiger partial charge in [0.1, 0.15) is 0 Å². The van der Waals surface area contributed by atoms with Crippen molar-refractivity contribution in [1.29, 1.82) is 0 Å². The van der Waals surface area contributed by atoms with Crippen molar-refractivity contribution in [3.8, 4) is 0 Å². The zero-order valence-corrected chi connectivity index (χ0v) is 13.8. The highest BCUT2D eigenvalue weighted by Gasteiger charge is 2.27. The minimum absolute atomic E-state index is 0. The third-order valence-corrected chi connectivity index (χ3v) is 4.23. The number of thiophene rings is 1. The van der Waals surface area contributed by atoms with Gasteiger partial charge in [0.25, 0.3) is 5.91 Å². The summed E-state index contributed by atoms with van der Waals surface area (Å²) in [5, 5.41) is 9.59. The van der Waals surface area contributed by atoms with E-state index in [0.717, 1.165) is 25.9 Å². The van der Waals surface area contributed by atoms with Gasteiger partial charge in [-0.25, -0.2) is 0 Å². The second-order valence-electron chi connectivity index (χ2n) is 4.96. The van der Waals surface area contributed by atoms with E-state index in [4.69, 9.17) is 0 Å². The summed E-state index contributed by atoms with van der Waals surface area (Å²) in [6.45, 7) is 2.08. The van der Waals surface area contributed by atoms with Gasteiger partial charge in [-0.3, -0.25) is 9.59 Å². The predicted octanol–water partition coefficient (Wildman–Crippen LogP) is 1.50. The van der Waals surface area contributed by atoms with Crippen LogP contribution in [0.15, 0.2) is 16.8 Å². The Bertz CT molecular complexity index is 453. The summed E-state index contributed by atoms with van der Waals surface area (Å²) in [4.78, 5) is 25.8. The first-order chi connectivity index (χ1) is 9.72. The van der Waals surface area contributed by atoms with Crippen molar-refractivity contribution in [2.75, 3.05) is 26.7 Å². The highest BCUT2D eigenvalue weighted by molar-refractivity contribution is 7.08. The summed E-state index contributed by atoms with van der Waals surface area (Å²) in [5.41, 5.74) is 0.664. The number of nitrogens with zero attached hydrogens (tertiary/aromatic N) is 1. The van der Waals surface area contributed by atoms with Crippen molar-refractivity contribution in [3.05, 3.63) is 22.4 Å². The van der Waals surface area contributed by atoms with Gasteiger partial charge in [-0.2, -0.15) is 11.3 Å². The smallest absolute Gasteiger partial charge is 0.252 e. The summed E-state index contributed by atoms with van der Waals surface area (Å²) >= 11 is 1.49. The lowest BCUT2D eigenvalue weighted by Gasteiger charge is -2.24. The van der Waals surface area contributed by atoms with E-state index in [9.17, 15) is 9.59 Å². The van der Waals surface area contributed by atoms with Crippen LogP contribution in [0.2, 0.25) is 0 Å². The molecule has 0 aliphatic carbocycles. The topological polar surface area (TPSA) is 61.4 Å². The van der Waals surface area contributed by atoms with E-state index in [-0.39, 0.29) is 24.2 Å². The predicted molar refractivity (Wildman–Crippen MR) is 87.2 cm³/mol. The zero-order valence-electron chi connectivity index (χ0n) is 12.1. The summed E-state index contributed by atoms with van der Waals surface area (Å²) in [7, 11) is 1.90. The number of hydrogen-bond acceptors (Lipinski definition) is 4. The van der Waals surface area contributed by atoms with Crippen LogP contribution in [-0.2, 0) is 4.79 Å². The van der Waals surface area contributed by atoms with E-state index in [2.05, 4.69) is 10.6 Å². The van der Waals surface area contributed by atoms with Crippen molar-refractivity contribution in [2.24, 2.45) is 0 Å². The van der Waals surface area contributed by atoms with Gasteiger partial charge in [0.2, 0.25) is 5.91 Å². The number of carbonyl (C=O) groups excluding carboxylic acids is 2. The number of likely N-dealkylation sites (tertiary alicyclic amines) is 1. The molecular formula is C14H22ClN3O2S. The van der Waals surface area contributed by atoms with E-state index in [0.29, 0.717) is 24.6 Å². The SMILES string of the molecule is CNCC1CCCN1C(=O)CCNC(=O)c1ccsc1.Cl. The number of hydrogen-bond donors (Lipinski definition) is 2. The number of carbonyl (C=O) groups is 2.